The highest BCUT2D eigenvalue weighted by atomic mass is 32.1. The lowest BCUT2D eigenvalue weighted by atomic mass is 9.71. The molecule has 2 rings (SSSR count). The van der Waals surface area contributed by atoms with Crippen molar-refractivity contribution in [2.75, 3.05) is 20.2 Å². The Labute approximate surface area is 114 Å². The van der Waals surface area contributed by atoms with E-state index in [9.17, 15) is 5.11 Å². The first-order chi connectivity index (χ1) is 8.63. The second-order valence-electron chi connectivity index (χ2n) is 5.99. The lowest BCUT2D eigenvalue weighted by molar-refractivity contribution is 0.0344. The molecule has 0 atom stereocenters. The molecule has 0 bridgehead atoms. The number of hydrogen-bond donors (Lipinski definition) is 1. The fourth-order valence-corrected chi connectivity index (χ4v) is 3.51. The van der Waals surface area contributed by atoms with Crippen LogP contribution >= 0.6 is 11.3 Å². The van der Waals surface area contributed by atoms with Crippen LogP contribution in [0.5, 0.6) is 0 Å². The van der Waals surface area contributed by atoms with Gasteiger partial charge in [-0.25, -0.2) is 4.98 Å². The van der Waals surface area contributed by atoms with E-state index in [0.29, 0.717) is 6.61 Å². The van der Waals surface area contributed by atoms with Crippen LogP contribution in [0.4, 0.5) is 0 Å². The third kappa shape index (κ3) is 3.53. The van der Waals surface area contributed by atoms with Crippen molar-refractivity contribution in [1.29, 1.82) is 0 Å². The SMILES string of the molecule is CC1CCC(CO)(CN(C)Cc2cscn2)CC1. The van der Waals surface area contributed by atoms with Crippen LogP contribution in [-0.2, 0) is 6.54 Å². The van der Waals surface area contributed by atoms with Crippen molar-refractivity contribution in [2.45, 2.75) is 39.2 Å². The van der Waals surface area contributed by atoms with Crippen LogP contribution in [0.25, 0.3) is 0 Å². The third-order valence-corrected chi connectivity index (χ3v) is 4.83. The molecule has 1 fully saturated rings. The maximum atomic E-state index is 9.76. The predicted octanol–water partition coefficient (Wildman–Crippen LogP) is 2.76. The fraction of sp³-hybridized carbons (Fsp3) is 0.786. The Balaban J connectivity index is 1.89. The van der Waals surface area contributed by atoms with E-state index < -0.39 is 0 Å². The predicted molar refractivity (Wildman–Crippen MR) is 75.6 cm³/mol. The first-order valence-electron chi connectivity index (χ1n) is 6.80. The summed E-state index contributed by atoms with van der Waals surface area (Å²) in [7, 11) is 2.13. The Hall–Kier alpha value is -0.450. The zero-order valence-electron chi connectivity index (χ0n) is 11.4. The second kappa shape index (κ2) is 6.13. The molecule has 1 aliphatic carbocycles. The summed E-state index contributed by atoms with van der Waals surface area (Å²) in [4.78, 5) is 6.63. The summed E-state index contributed by atoms with van der Waals surface area (Å²) in [6.45, 7) is 4.51. The largest absolute Gasteiger partial charge is 0.396 e. The van der Waals surface area contributed by atoms with Crippen molar-refractivity contribution < 1.29 is 5.11 Å². The van der Waals surface area contributed by atoms with Gasteiger partial charge in [-0.3, -0.25) is 4.90 Å². The van der Waals surface area contributed by atoms with Gasteiger partial charge >= 0.3 is 0 Å². The Morgan fingerprint density at radius 1 is 1.50 bits per heavy atom. The lowest BCUT2D eigenvalue weighted by Crippen LogP contribution is -2.40. The van der Waals surface area contributed by atoms with Crippen molar-refractivity contribution >= 4 is 11.3 Å². The molecular formula is C14H24N2OS. The van der Waals surface area contributed by atoms with Crippen LogP contribution in [0, 0.1) is 11.3 Å². The van der Waals surface area contributed by atoms with Crippen LogP contribution in [0.1, 0.15) is 38.3 Å². The lowest BCUT2D eigenvalue weighted by Gasteiger charge is -2.40. The molecular weight excluding hydrogens is 244 g/mol. The van der Waals surface area contributed by atoms with Crippen molar-refractivity contribution in [2.24, 2.45) is 11.3 Å². The summed E-state index contributed by atoms with van der Waals surface area (Å²) >= 11 is 1.65. The molecule has 0 unspecified atom stereocenters. The minimum atomic E-state index is 0.122. The first-order valence-corrected chi connectivity index (χ1v) is 7.74. The Morgan fingerprint density at radius 2 is 2.22 bits per heavy atom. The minimum Gasteiger partial charge on any atom is -0.396 e. The van der Waals surface area contributed by atoms with Crippen LogP contribution in [0.3, 0.4) is 0 Å². The molecule has 0 aromatic carbocycles. The second-order valence-corrected chi connectivity index (χ2v) is 6.71. The van der Waals surface area contributed by atoms with Gasteiger partial charge in [0.25, 0.3) is 0 Å². The normalized spacial score (nSPS) is 28.8. The highest BCUT2D eigenvalue weighted by Crippen LogP contribution is 2.39. The van der Waals surface area contributed by atoms with Gasteiger partial charge in [0.05, 0.1) is 11.2 Å². The number of nitrogens with zero attached hydrogens (tertiary/aromatic N) is 2. The molecule has 18 heavy (non-hydrogen) atoms. The summed E-state index contributed by atoms with van der Waals surface area (Å²) in [5, 5.41) is 11.9. The quantitative estimate of drug-likeness (QED) is 0.892. The molecule has 1 aromatic heterocycles. The van der Waals surface area contributed by atoms with E-state index in [1.54, 1.807) is 11.3 Å². The van der Waals surface area contributed by atoms with Crippen molar-refractivity contribution in [3.8, 4) is 0 Å². The highest BCUT2D eigenvalue weighted by molar-refractivity contribution is 7.07. The van der Waals surface area contributed by atoms with Gasteiger partial charge in [-0.1, -0.05) is 19.8 Å². The topological polar surface area (TPSA) is 36.4 Å². The number of hydrogen-bond acceptors (Lipinski definition) is 4. The molecule has 0 spiro atoms. The van der Waals surface area contributed by atoms with E-state index in [2.05, 4.69) is 29.2 Å². The van der Waals surface area contributed by atoms with Gasteiger partial charge in [0.15, 0.2) is 0 Å². The van der Waals surface area contributed by atoms with Gasteiger partial charge in [0.2, 0.25) is 0 Å². The number of aliphatic hydroxyl groups excluding tert-OH is 1. The van der Waals surface area contributed by atoms with Gasteiger partial charge in [0.1, 0.15) is 0 Å². The van der Waals surface area contributed by atoms with E-state index in [4.69, 9.17) is 0 Å². The van der Waals surface area contributed by atoms with E-state index in [1.165, 1.54) is 12.8 Å². The van der Waals surface area contributed by atoms with Crippen LogP contribution in [-0.4, -0.2) is 35.2 Å². The van der Waals surface area contributed by atoms with Gasteiger partial charge in [-0.2, -0.15) is 0 Å². The highest BCUT2D eigenvalue weighted by Gasteiger charge is 2.34. The van der Waals surface area contributed by atoms with Crippen LogP contribution < -0.4 is 0 Å². The minimum absolute atomic E-state index is 0.122. The Kier molecular flexibility index (Phi) is 4.76. The monoisotopic (exact) mass is 268 g/mol. The van der Waals surface area contributed by atoms with E-state index in [0.717, 1.165) is 37.5 Å². The Morgan fingerprint density at radius 3 is 2.78 bits per heavy atom. The summed E-state index contributed by atoms with van der Waals surface area (Å²) in [6.07, 6.45) is 4.83. The molecule has 1 N–H and O–H groups in total. The molecule has 0 aliphatic heterocycles. The fourth-order valence-electron chi connectivity index (χ4n) is 2.96. The molecule has 0 radical (unpaired) electrons. The van der Waals surface area contributed by atoms with Crippen molar-refractivity contribution in [1.82, 2.24) is 9.88 Å². The Bertz CT molecular complexity index is 345. The van der Waals surface area contributed by atoms with E-state index >= 15 is 0 Å². The van der Waals surface area contributed by atoms with E-state index in [-0.39, 0.29) is 5.41 Å². The molecule has 1 saturated carbocycles. The number of aliphatic hydroxyl groups is 1. The molecule has 1 aromatic rings. The van der Waals surface area contributed by atoms with E-state index in [1.807, 2.05) is 5.51 Å². The average Bonchev–Trinajstić information content (AvgIpc) is 2.85. The molecule has 0 amide bonds. The van der Waals surface area contributed by atoms with Gasteiger partial charge in [-0.15, -0.1) is 11.3 Å². The standard InChI is InChI=1S/C14H24N2OS/c1-12-3-5-14(10-17,6-4-12)9-16(2)7-13-8-18-11-15-13/h8,11-12,17H,3-7,9-10H2,1-2H3. The summed E-state index contributed by atoms with van der Waals surface area (Å²) in [6, 6.07) is 0. The third-order valence-electron chi connectivity index (χ3n) is 4.19. The number of rotatable bonds is 5. The molecule has 0 saturated heterocycles. The summed E-state index contributed by atoms with van der Waals surface area (Å²) in [5.74, 6) is 0.827. The number of aromatic nitrogens is 1. The molecule has 3 nitrogen and oxygen atoms in total. The average molecular weight is 268 g/mol. The first kappa shape index (κ1) is 14.0. The van der Waals surface area contributed by atoms with Gasteiger partial charge < -0.3 is 5.11 Å². The van der Waals surface area contributed by atoms with Crippen LogP contribution in [0.2, 0.25) is 0 Å². The molecule has 4 heteroatoms. The maximum absolute atomic E-state index is 9.76. The summed E-state index contributed by atoms with van der Waals surface area (Å²) in [5.41, 5.74) is 3.14. The van der Waals surface area contributed by atoms with Gasteiger partial charge in [-0.05, 0) is 25.8 Å². The molecule has 1 aliphatic rings. The zero-order chi connectivity index (χ0) is 13.0. The zero-order valence-corrected chi connectivity index (χ0v) is 12.2. The van der Waals surface area contributed by atoms with Crippen LogP contribution in [0.15, 0.2) is 10.9 Å². The molecule has 1 heterocycles. The maximum Gasteiger partial charge on any atom is 0.0795 e. The van der Waals surface area contributed by atoms with Gasteiger partial charge in [0, 0.05) is 30.5 Å². The molecule has 102 valence electrons. The smallest absolute Gasteiger partial charge is 0.0795 e. The van der Waals surface area contributed by atoms with Crippen molar-refractivity contribution in [3.05, 3.63) is 16.6 Å². The van der Waals surface area contributed by atoms with Crippen molar-refractivity contribution in [3.63, 3.8) is 0 Å². The number of thiazole rings is 1. The summed E-state index contributed by atoms with van der Waals surface area (Å²) < 4.78 is 0.